The van der Waals surface area contributed by atoms with Crippen molar-refractivity contribution in [1.29, 1.82) is 0 Å². The Balaban J connectivity index is 1.66. The fourth-order valence-electron chi connectivity index (χ4n) is 2.87. The Morgan fingerprint density at radius 2 is 1.81 bits per heavy atom. The van der Waals surface area contributed by atoms with E-state index in [1.165, 1.54) is 12.8 Å². The summed E-state index contributed by atoms with van der Waals surface area (Å²) in [6.07, 6.45) is 2.35. The van der Waals surface area contributed by atoms with Crippen LogP contribution in [0.15, 0.2) is 48.5 Å². The van der Waals surface area contributed by atoms with E-state index in [0.29, 0.717) is 12.1 Å². The van der Waals surface area contributed by atoms with Crippen LogP contribution in [0.5, 0.6) is 0 Å². The van der Waals surface area contributed by atoms with Gasteiger partial charge in [-0.05, 0) is 42.8 Å². The van der Waals surface area contributed by atoms with Crippen LogP contribution in [0.2, 0.25) is 0 Å². The highest BCUT2D eigenvalue weighted by Gasteiger charge is 2.14. The largest absolute Gasteiger partial charge is 0.375 e. The smallest absolute Gasteiger partial charge is 0.253 e. The molecule has 1 heterocycles. The van der Waals surface area contributed by atoms with Crippen molar-refractivity contribution in [3.05, 3.63) is 59.1 Å². The van der Waals surface area contributed by atoms with Crippen molar-refractivity contribution in [2.24, 2.45) is 0 Å². The Bertz CT molecular complexity index is 839. The fraction of sp³-hybridized carbons (Fsp3) is 0.333. The average Bonchev–Trinajstić information content (AvgIpc) is 3.07. The van der Waals surface area contributed by atoms with E-state index in [2.05, 4.69) is 29.9 Å². The van der Waals surface area contributed by atoms with Gasteiger partial charge in [0.25, 0.3) is 5.91 Å². The second-order valence-corrected chi connectivity index (χ2v) is 7.67. The molecule has 4 nitrogen and oxygen atoms in total. The van der Waals surface area contributed by atoms with E-state index >= 15 is 0 Å². The predicted molar refractivity (Wildman–Crippen MR) is 110 cm³/mol. The lowest BCUT2D eigenvalue weighted by atomic mass is 10.1. The maximum absolute atomic E-state index is 12.7. The summed E-state index contributed by atoms with van der Waals surface area (Å²) in [6.45, 7) is 3.74. The number of carbonyl (C=O) groups excluding carboxylic acids is 1. The number of nitrogens with zero attached hydrogens (tertiary/aromatic N) is 3. The number of carbonyl (C=O) groups is 1. The topological polar surface area (TPSA) is 36.4 Å². The van der Waals surface area contributed by atoms with Crippen molar-refractivity contribution < 1.29 is 4.79 Å². The monoisotopic (exact) mass is 367 g/mol. The molecule has 0 spiro atoms. The van der Waals surface area contributed by atoms with Gasteiger partial charge in [-0.25, -0.2) is 4.98 Å². The maximum Gasteiger partial charge on any atom is 0.253 e. The van der Waals surface area contributed by atoms with Crippen molar-refractivity contribution in [2.45, 2.75) is 26.3 Å². The number of para-hydroxylation sites is 1. The lowest BCUT2D eigenvalue weighted by Crippen LogP contribution is -2.26. The van der Waals surface area contributed by atoms with Gasteiger partial charge in [-0.2, -0.15) is 0 Å². The van der Waals surface area contributed by atoms with E-state index < -0.39 is 0 Å². The highest BCUT2D eigenvalue weighted by Crippen LogP contribution is 2.23. The minimum Gasteiger partial charge on any atom is -0.375 e. The minimum absolute atomic E-state index is 0.0204. The van der Waals surface area contributed by atoms with Gasteiger partial charge >= 0.3 is 0 Å². The number of amides is 1. The molecule has 2 aromatic carbocycles. The number of thiazole rings is 1. The second kappa shape index (κ2) is 8.32. The minimum atomic E-state index is 0.0204. The van der Waals surface area contributed by atoms with Crippen LogP contribution in [0.1, 0.15) is 35.1 Å². The number of fused-ring (bicyclic) bond motifs is 1. The quantitative estimate of drug-likeness (QED) is 0.601. The fourth-order valence-corrected chi connectivity index (χ4v) is 3.89. The molecule has 0 aliphatic heterocycles. The van der Waals surface area contributed by atoms with Gasteiger partial charge in [-0.15, -0.1) is 11.3 Å². The van der Waals surface area contributed by atoms with E-state index in [4.69, 9.17) is 0 Å². The Morgan fingerprint density at radius 3 is 2.50 bits per heavy atom. The van der Waals surface area contributed by atoms with Gasteiger partial charge in [0, 0.05) is 31.9 Å². The van der Waals surface area contributed by atoms with Gasteiger partial charge in [-0.1, -0.05) is 25.5 Å². The zero-order chi connectivity index (χ0) is 18.5. The first-order valence-corrected chi connectivity index (χ1v) is 9.81. The molecule has 0 unspecified atom stereocenters. The number of aromatic nitrogens is 1. The van der Waals surface area contributed by atoms with Crippen molar-refractivity contribution in [2.75, 3.05) is 25.5 Å². The van der Waals surface area contributed by atoms with Crippen molar-refractivity contribution in [3.8, 4) is 0 Å². The Kier molecular flexibility index (Phi) is 5.89. The summed E-state index contributed by atoms with van der Waals surface area (Å²) >= 11 is 1.64. The first-order chi connectivity index (χ1) is 12.6. The van der Waals surface area contributed by atoms with Crippen LogP contribution in [0.25, 0.3) is 10.2 Å². The zero-order valence-electron chi connectivity index (χ0n) is 15.6. The molecule has 26 heavy (non-hydrogen) atoms. The van der Waals surface area contributed by atoms with Crippen molar-refractivity contribution >= 4 is 33.1 Å². The third kappa shape index (κ3) is 4.22. The van der Waals surface area contributed by atoms with Crippen LogP contribution in [-0.4, -0.2) is 36.4 Å². The van der Waals surface area contributed by atoms with Gasteiger partial charge in [0.15, 0.2) is 0 Å². The predicted octanol–water partition coefficient (Wildman–Crippen LogP) is 4.80. The van der Waals surface area contributed by atoms with E-state index in [9.17, 15) is 4.79 Å². The number of unbranched alkanes of at least 4 members (excludes halogenated alkanes) is 1. The molecule has 3 rings (SSSR count). The van der Waals surface area contributed by atoms with Crippen molar-refractivity contribution in [1.82, 2.24) is 9.88 Å². The molecule has 5 heteroatoms. The number of hydrogen-bond acceptors (Lipinski definition) is 4. The van der Waals surface area contributed by atoms with Crippen LogP contribution >= 0.6 is 11.3 Å². The third-order valence-electron chi connectivity index (χ3n) is 4.46. The zero-order valence-corrected chi connectivity index (χ0v) is 16.4. The van der Waals surface area contributed by atoms with Gasteiger partial charge in [0.1, 0.15) is 5.01 Å². The highest BCUT2D eigenvalue weighted by molar-refractivity contribution is 7.18. The van der Waals surface area contributed by atoms with E-state index in [-0.39, 0.29) is 5.91 Å². The summed E-state index contributed by atoms with van der Waals surface area (Å²) in [5, 5.41) is 0.956. The van der Waals surface area contributed by atoms with E-state index in [0.717, 1.165) is 27.5 Å². The summed E-state index contributed by atoms with van der Waals surface area (Å²) in [4.78, 5) is 21.3. The molecule has 0 atom stereocenters. The molecule has 1 amide bonds. The Hall–Kier alpha value is -2.40. The van der Waals surface area contributed by atoms with Crippen LogP contribution in [0, 0.1) is 0 Å². The van der Waals surface area contributed by atoms with Gasteiger partial charge < -0.3 is 9.80 Å². The summed E-state index contributed by atoms with van der Waals surface area (Å²) in [5.41, 5.74) is 2.85. The summed E-state index contributed by atoms with van der Waals surface area (Å²) in [6, 6.07) is 15.9. The Labute approximate surface area is 159 Å². The SMILES string of the molecule is CCCCN(C)c1ccc(C(=O)N(C)Cc2nc3ccccc3s2)cc1. The Morgan fingerprint density at radius 1 is 1.08 bits per heavy atom. The standard InChI is InChI=1S/C21H25N3OS/c1-4-5-14-23(2)17-12-10-16(11-13-17)21(25)24(3)15-20-22-18-8-6-7-9-19(18)26-20/h6-13H,4-5,14-15H2,1-3H3. The molecule has 0 saturated carbocycles. The molecule has 0 saturated heterocycles. The molecule has 0 aliphatic carbocycles. The van der Waals surface area contributed by atoms with Gasteiger partial charge in [-0.3, -0.25) is 4.79 Å². The highest BCUT2D eigenvalue weighted by atomic mass is 32.1. The molecule has 0 fully saturated rings. The molecule has 0 bridgehead atoms. The average molecular weight is 368 g/mol. The van der Waals surface area contributed by atoms with Crippen LogP contribution < -0.4 is 4.90 Å². The molecule has 136 valence electrons. The van der Waals surface area contributed by atoms with E-state index in [1.54, 1.807) is 16.2 Å². The molecule has 1 aromatic heterocycles. The van der Waals surface area contributed by atoms with Crippen LogP contribution in [-0.2, 0) is 6.54 Å². The molecule has 0 radical (unpaired) electrons. The molecule has 3 aromatic rings. The van der Waals surface area contributed by atoms with Crippen LogP contribution in [0.3, 0.4) is 0 Å². The van der Waals surface area contributed by atoms with Crippen LogP contribution in [0.4, 0.5) is 5.69 Å². The second-order valence-electron chi connectivity index (χ2n) is 6.56. The number of rotatable bonds is 7. The molecule has 0 aliphatic rings. The molecular weight excluding hydrogens is 342 g/mol. The first kappa shape index (κ1) is 18.4. The summed E-state index contributed by atoms with van der Waals surface area (Å²) < 4.78 is 1.16. The first-order valence-electron chi connectivity index (χ1n) is 8.99. The summed E-state index contributed by atoms with van der Waals surface area (Å²) in [5.74, 6) is 0.0204. The number of benzene rings is 2. The molecular formula is C21H25N3OS. The number of hydrogen-bond donors (Lipinski definition) is 0. The normalized spacial score (nSPS) is 10.9. The number of anilines is 1. The lowest BCUT2D eigenvalue weighted by molar-refractivity contribution is 0.0785. The van der Waals surface area contributed by atoms with Gasteiger partial charge in [0.05, 0.1) is 16.8 Å². The van der Waals surface area contributed by atoms with Gasteiger partial charge in [0.2, 0.25) is 0 Å². The summed E-state index contributed by atoms with van der Waals surface area (Å²) in [7, 11) is 3.92. The molecule has 0 N–H and O–H groups in total. The van der Waals surface area contributed by atoms with Crippen molar-refractivity contribution in [3.63, 3.8) is 0 Å². The third-order valence-corrected chi connectivity index (χ3v) is 5.48. The lowest BCUT2D eigenvalue weighted by Gasteiger charge is -2.20. The maximum atomic E-state index is 12.7. The van der Waals surface area contributed by atoms with E-state index in [1.807, 2.05) is 49.5 Å².